The zero-order valence-electron chi connectivity index (χ0n) is 12.7. The highest BCUT2D eigenvalue weighted by Crippen LogP contribution is 2.20. The van der Waals surface area contributed by atoms with E-state index in [0.29, 0.717) is 16.3 Å². The molecule has 1 aromatic heterocycles. The zero-order chi connectivity index (χ0) is 17.1. The Kier molecular flexibility index (Phi) is 4.57. The molecule has 0 bridgehead atoms. The van der Waals surface area contributed by atoms with Crippen LogP contribution in [0, 0.1) is 12.7 Å². The summed E-state index contributed by atoms with van der Waals surface area (Å²) in [6, 6.07) is 10.9. The Balaban J connectivity index is 1.66. The van der Waals surface area contributed by atoms with Gasteiger partial charge in [0.25, 0.3) is 5.89 Å². The molecule has 0 aliphatic rings. The average Bonchev–Trinajstić information content (AvgIpc) is 3.00. The summed E-state index contributed by atoms with van der Waals surface area (Å²) >= 11 is 6.02. The summed E-state index contributed by atoms with van der Waals surface area (Å²) < 4.78 is 18.0. The number of anilines is 1. The van der Waals surface area contributed by atoms with Crippen LogP contribution in [0.4, 0.5) is 10.1 Å². The molecule has 0 atom stereocenters. The van der Waals surface area contributed by atoms with Gasteiger partial charge < -0.3 is 9.84 Å². The molecule has 0 saturated carbocycles. The summed E-state index contributed by atoms with van der Waals surface area (Å²) in [4.78, 5) is 16.2. The highest BCUT2D eigenvalue weighted by atomic mass is 35.5. The normalized spacial score (nSPS) is 10.6. The fraction of sp³-hybridized carbons (Fsp3) is 0.118. The molecule has 3 aromatic rings. The van der Waals surface area contributed by atoms with Crippen molar-refractivity contribution in [2.75, 3.05) is 5.32 Å². The summed E-state index contributed by atoms with van der Waals surface area (Å²) in [5.41, 5.74) is 2.11. The van der Waals surface area contributed by atoms with E-state index in [4.69, 9.17) is 16.1 Å². The Morgan fingerprint density at radius 3 is 2.71 bits per heavy atom. The number of nitrogens with zero attached hydrogens (tertiary/aromatic N) is 2. The number of halogens is 2. The summed E-state index contributed by atoms with van der Waals surface area (Å²) in [5, 5.41) is 7.06. The molecule has 0 unspecified atom stereocenters. The third-order valence-electron chi connectivity index (χ3n) is 3.33. The summed E-state index contributed by atoms with van der Waals surface area (Å²) in [5.74, 6) is -0.169. The molecule has 0 saturated heterocycles. The first-order valence-corrected chi connectivity index (χ1v) is 7.53. The van der Waals surface area contributed by atoms with Gasteiger partial charge >= 0.3 is 0 Å². The number of amides is 1. The third-order valence-corrected chi connectivity index (χ3v) is 3.74. The van der Waals surface area contributed by atoms with Crippen LogP contribution in [0.5, 0.6) is 0 Å². The molecule has 3 rings (SSSR count). The Hall–Kier alpha value is -2.73. The predicted octanol–water partition coefficient (Wildman–Crippen LogP) is 4.02. The van der Waals surface area contributed by atoms with Crippen molar-refractivity contribution in [3.63, 3.8) is 0 Å². The highest BCUT2D eigenvalue weighted by molar-refractivity contribution is 6.31. The zero-order valence-corrected chi connectivity index (χ0v) is 13.5. The second-order valence-corrected chi connectivity index (χ2v) is 5.62. The van der Waals surface area contributed by atoms with Crippen molar-refractivity contribution in [2.24, 2.45) is 0 Å². The van der Waals surface area contributed by atoms with E-state index in [1.54, 1.807) is 12.1 Å². The Morgan fingerprint density at radius 1 is 1.25 bits per heavy atom. The van der Waals surface area contributed by atoms with E-state index in [0.717, 1.165) is 5.56 Å². The Morgan fingerprint density at radius 2 is 2.00 bits per heavy atom. The lowest BCUT2D eigenvalue weighted by Gasteiger charge is -2.05. The number of rotatable bonds is 4. The molecule has 5 nitrogen and oxygen atoms in total. The van der Waals surface area contributed by atoms with Crippen LogP contribution in [-0.2, 0) is 11.2 Å². The maximum Gasteiger partial charge on any atom is 0.257 e. The van der Waals surface area contributed by atoms with Gasteiger partial charge in [0, 0.05) is 16.3 Å². The van der Waals surface area contributed by atoms with Gasteiger partial charge in [-0.05, 0) is 48.9 Å². The van der Waals surface area contributed by atoms with Crippen molar-refractivity contribution in [2.45, 2.75) is 13.3 Å². The van der Waals surface area contributed by atoms with Gasteiger partial charge in [0.15, 0.2) is 5.82 Å². The molecule has 7 heteroatoms. The smallest absolute Gasteiger partial charge is 0.257 e. The van der Waals surface area contributed by atoms with Gasteiger partial charge in [-0.2, -0.15) is 4.98 Å². The highest BCUT2D eigenvalue weighted by Gasteiger charge is 2.13. The van der Waals surface area contributed by atoms with Crippen molar-refractivity contribution in [1.29, 1.82) is 0 Å². The number of aromatic nitrogens is 2. The summed E-state index contributed by atoms with van der Waals surface area (Å²) in [7, 11) is 0. The van der Waals surface area contributed by atoms with Crippen molar-refractivity contribution in [3.05, 3.63) is 64.7 Å². The standard InChI is InChI=1S/C17H13ClFN3O2/c1-10-2-7-13(8-14(10)18)20-16(23)9-15-21-17(24-22-15)11-3-5-12(19)6-4-11/h2-8H,9H2,1H3,(H,20,23). The van der Waals surface area contributed by atoms with Gasteiger partial charge in [-0.25, -0.2) is 4.39 Å². The third kappa shape index (κ3) is 3.78. The number of carbonyl (C=O) groups excluding carboxylic acids is 1. The molecule has 0 aliphatic carbocycles. The summed E-state index contributed by atoms with van der Waals surface area (Å²) in [6.45, 7) is 1.88. The largest absolute Gasteiger partial charge is 0.334 e. The number of hydrogen-bond acceptors (Lipinski definition) is 4. The molecule has 0 fully saturated rings. The molecule has 24 heavy (non-hydrogen) atoms. The Bertz CT molecular complexity index is 878. The number of benzene rings is 2. The molecule has 0 spiro atoms. The van der Waals surface area contributed by atoms with Crippen molar-refractivity contribution in [1.82, 2.24) is 10.1 Å². The van der Waals surface area contributed by atoms with Crippen molar-refractivity contribution in [3.8, 4) is 11.5 Å². The number of carbonyl (C=O) groups is 1. The first-order valence-electron chi connectivity index (χ1n) is 7.16. The van der Waals surface area contributed by atoms with Gasteiger partial charge in [-0.3, -0.25) is 4.79 Å². The van der Waals surface area contributed by atoms with Crippen LogP contribution >= 0.6 is 11.6 Å². The summed E-state index contributed by atoms with van der Waals surface area (Å²) in [6.07, 6.45) is -0.0454. The van der Waals surface area contributed by atoms with E-state index in [2.05, 4.69) is 15.5 Å². The molecule has 1 N–H and O–H groups in total. The molecule has 0 radical (unpaired) electrons. The van der Waals surface area contributed by atoms with Crippen LogP contribution in [0.1, 0.15) is 11.4 Å². The van der Waals surface area contributed by atoms with Crippen LogP contribution in [0.25, 0.3) is 11.5 Å². The number of aryl methyl sites for hydroxylation is 1. The van der Waals surface area contributed by atoms with E-state index >= 15 is 0 Å². The molecular weight excluding hydrogens is 333 g/mol. The van der Waals surface area contributed by atoms with E-state index in [9.17, 15) is 9.18 Å². The second-order valence-electron chi connectivity index (χ2n) is 5.21. The first-order chi connectivity index (χ1) is 11.5. The van der Waals surface area contributed by atoms with E-state index < -0.39 is 0 Å². The average molecular weight is 346 g/mol. The fourth-order valence-electron chi connectivity index (χ4n) is 2.05. The molecular formula is C17H13ClFN3O2. The maximum absolute atomic E-state index is 12.9. The lowest BCUT2D eigenvalue weighted by molar-refractivity contribution is -0.115. The van der Waals surface area contributed by atoms with Gasteiger partial charge in [0.1, 0.15) is 5.82 Å². The molecule has 1 heterocycles. The van der Waals surface area contributed by atoms with E-state index in [1.165, 1.54) is 24.3 Å². The number of hydrogen-bond donors (Lipinski definition) is 1. The fourth-order valence-corrected chi connectivity index (χ4v) is 2.24. The minimum absolute atomic E-state index is 0.0454. The lowest BCUT2D eigenvalue weighted by Crippen LogP contribution is -2.15. The lowest BCUT2D eigenvalue weighted by atomic mass is 10.2. The van der Waals surface area contributed by atoms with Crippen molar-refractivity contribution < 1.29 is 13.7 Å². The van der Waals surface area contributed by atoms with Crippen LogP contribution in [0.2, 0.25) is 5.02 Å². The molecule has 1 amide bonds. The molecule has 2 aromatic carbocycles. The van der Waals surface area contributed by atoms with Crippen molar-refractivity contribution >= 4 is 23.2 Å². The van der Waals surface area contributed by atoms with Gasteiger partial charge in [-0.1, -0.05) is 22.8 Å². The minimum atomic E-state index is -0.352. The van der Waals surface area contributed by atoms with Crippen LogP contribution in [0.15, 0.2) is 47.0 Å². The topological polar surface area (TPSA) is 68.0 Å². The monoisotopic (exact) mass is 345 g/mol. The van der Waals surface area contributed by atoms with E-state index in [1.807, 2.05) is 13.0 Å². The minimum Gasteiger partial charge on any atom is -0.334 e. The maximum atomic E-state index is 12.9. The van der Waals surface area contributed by atoms with Crippen LogP contribution < -0.4 is 5.32 Å². The molecule has 0 aliphatic heterocycles. The number of nitrogens with one attached hydrogen (secondary N) is 1. The molecule has 122 valence electrons. The SMILES string of the molecule is Cc1ccc(NC(=O)Cc2noc(-c3ccc(F)cc3)n2)cc1Cl. The van der Waals surface area contributed by atoms with Gasteiger partial charge in [0.05, 0.1) is 6.42 Å². The quantitative estimate of drug-likeness (QED) is 0.775. The first kappa shape index (κ1) is 16.1. The predicted molar refractivity (Wildman–Crippen MR) is 88.2 cm³/mol. The van der Waals surface area contributed by atoms with E-state index in [-0.39, 0.29) is 29.9 Å². The van der Waals surface area contributed by atoms with Crippen LogP contribution in [-0.4, -0.2) is 16.0 Å². The van der Waals surface area contributed by atoms with Crippen LogP contribution in [0.3, 0.4) is 0 Å². The second kappa shape index (κ2) is 6.80. The van der Waals surface area contributed by atoms with Gasteiger partial charge in [-0.15, -0.1) is 0 Å². The Labute approximate surface area is 142 Å². The van der Waals surface area contributed by atoms with Gasteiger partial charge in [0.2, 0.25) is 5.91 Å².